The van der Waals surface area contributed by atoms with Crippen molar-refractivity contribution < 1.29 is 9.84 Å². The molecule has 3 aliphatic rings. The first-order valence-corrected chi connectivity index (χ1v) is 9.22. The van der Waals surface area contributed by atoms with Crippen molar-refractivity contribution in [2.24, 2.45) is 5.92 Å². The molecule has 1 aromatic carbocycles. The molecule has 0 aromatic heterocycles. The van der Waals surface area contributed by atoms with Gasteiger partial charge in [-0.1, -0.05) is 51.8 Å². The van der Waals surface area contributed by atoms with E-state index in [1.54, 1.807) is 0 Å². The average Bonchev–Trinajstić information content (AvgIpc) is 3.30. The molecule has 23 heavy (non-hydrogen) atoms. The van der Waals surface area contributed by atoms with E-state index in [-0.39, 0.29) is 0 Å². The van der Waals surface area contributed by atoms with E-state index in [0.29, 0.717) is 22.9 Å². The summed E-state index contributed by atoms with van der Waals surface area (Å²) >= 11 is 10.1. The Labute approximate surface area is 149 Å². The molecule has 1 atom stereocenters. The van der Waals surface area contributed by atoms with Crippen molar-refractivity contribution in [2.45, 2.75) is 31.8 Å². The zero-order chi connectivity index (χ0) is 16.0. The summed E-state index contributed by atoms with van der Waals surface area (Å²) in [5.41, 5.74) is 4.08. The summed E-state index contributed by atoms with van der Waals surface area (Å²) in [4.78, 5) is 0. The minimum Gasteiger partial charge on any atom is -0.491 e. The van der Waals surface area contributed by atoms with Gasteiger partial charge in [-0.2, -0.15) is 0 Å². The van der Waals surface area contributed by atoms with Crippen LogP contribution in [-0.4, -0.2) is 11.7 Å². The summed E-state index contributed by atoms with van der Waals surface area (Å²) in [6.07, 6.45) is 12.0. The number of aliphatic hydroxyl groups is 1. The van der Waals surface area contributed by atoms with E-state index >= 15 is 0 Å². The van der Waals surface area contributed by atoms with Crippen molar-refractivity contribution in [3.8, 4) is 5.75 Å². The molecular formula is C19H18BrClO2. The van der Waals surface area contributed by atoms with Crippen molar-refractivity contribution in [3.63, 3.8) is 0 Å². The van der Waals surface area contributed by atoms with Crippen LogP contribution in [0.5, 0.6) is 5.75 Å². The maximum absolute atomic E-state index is 10.8. The highest BCUT2D eigenvalue weighted by Gasteiger charge is 2.27. The maximum Gasteiger partial charge on any atom is 0.142 e. The van der Waals surface area contributed by atoms with Crippen LogP contribution in [0.4, 0.5) is 0 Å². The van der Waals surface area contributed by atoms with Gasteiger partial charge in [-0.3, -0.25) is 0 Å². The zero-order valence-electron chi connectivity index (χ0n) is 12.7. The van der Waals surface area contributed by atoms with Gasteiger partial charge in [0.1, 0.15) is 11.9 Å². The van der Waals surface area contributed by atoms with Crippen molar-refractivity contribution >= 4 is 27.5 Å². The summed E-state index contributed by atoms with van der Waals surface area (Å²) in [5, 5.41) is 11.4. The minimum atomic E-state index is -0.739. The van der Waals surface area contributed by atoms with Gasteiger partial charge < -0.3 is 9.84 Å². The van der Waals surface area contributed by atoms with Crippen LogP contribution in [0.3, 0.4) is 0 Å². The molecule has 2 nitrogen and oxygen atoms in total. The highest BCUT2D eigenvalue weighted by atomic mass is 79.9. The molecule has 0 saturated heterocycles. The van der Waals surface area contributed by atoms with Gasteiger partial charge in [-0.25, -0.2) is 0 Å². The average molecular weight is 394 g/mol. The topological polar surface area (TPSA) is 29.5 Å². The molecule has 0 bridgehead atoms. The summed E-state index contributed by atoms with van der Waals surface area (Å²) in [6.45, 7) is 0.643. The number of rotatable bonds is 3. The molecule has 0 amide bonds. The molecular weight excluding hydrogens is 376 g/mol. The van der Waals surface area contributed by atoms with Crippen molar-refractivity contribution in [2.75, 3.05) is 6.61 Å². The van der Waals surface area contributed by atoms with Gasteiger partial charge in [0.05, 0.1) is 11.6 Å². The predicted molar refractivity (Wildman–Crippen MR) is 96.0 cm³/mol. The summed E-state index contributed by atoms with van der Waals surface area (Å²) < 4.78 is 6.61. The smallest absolute Gasteiger partial charge is 0.142 e. The van der Waals surface area contributed by atoms with Crippen LogP contribution < -0.4 is 4.74 Å². The highest BCUT2D eigenvalue weighted by molar-refractivity contribution is 9.10. The number of ether oxygens (including phenoxy) is 1. The molecule has 0 spiro atoms. The van der Waals surface area contributed by atoms with Gasteiger partial charge in [-0.05, 0) is 42.4 Å². The fourth-order valence-corrected chi connectivity index (χ4v) is 4.21. The van der Waals surface area contributed by atoms with Crippen LogP contribution in [0.15, 0.2) is 46.0 Å². The number of aliphatic hydroxyl groups excluding tert-OH is 1. The Hall–Kier alpha value is -1.03. The van der Waals surface area contributed by atoms with Crippen molar-refractivity contribution in [1.82, 2.24) is 0 Å². The molecule has 4 rings (SSSR count). The standard InChI is InChI=1S/C19H18BrClO2/c20-16-10-15(17(21)19-14(16)8-9-23-19)18(22)13-3-1-2-11(6-7-13)12-4-5-12/h2-3,6-7,10,12,18,22H,1,4-5,8-9H2. The summed E-state index contributed by atoms with van der Waals surface area (Å²) in [5.74, 6) is 1.44. The third-order valence-electron chi connectivity index (χ3n) is 4.73. The fourth-order valence-electron chi connectivity index (χ4n) is 3.26. The molecule has 120 valence electrons. The van der Waals surface area contributed by atoms with E-state index in [1.807, 2.05) is 12.1 Å². The Balaban J connectivity index is 1.65. The molecule has 2 aliphatic carbocycles. The SMILES string of the molecule is OC(C1=CCC=C(C2CC2)C=C1)c1cc(Br)c2c(c1Cl)OCC2. The van der Waals surface area contributed by atoms with E-state index in [2.05, 4.69) is 34.2 Å². The highest BCUT2D eigenvalue weighted by Crippen LogP contribution is 2.44. The number of fused-ring (bicyclic) bond motifs is 1. The second-order valence-electron chi connectivity index (χ2n) is 6.32. The first-order valence-electron chi connectivity index (χ1n) is 8.05. The van der Waals surface area contributed by atoms with Crippen LogP contribution in [0, 0.1) is 5.92 Å². The van der Waals surface area contributed by atoms with Gasteiger partial charge in [0.25, 0.3) is 0 Å². The van der Waals surface area contributed by atoms with E-state index in [0.717, 1.165) is 34.4 Å². The molecule has 1 saturated carbocycles. The lowest BCUT2D eigenvalue weighted by atomic mass is 9.98. The monoisotopic (exact) mass is 392 g/mol. The molecule has 0 radical (unpaired) electrons. The van der Waals surface area contributed by atoms with Gasteiger partial charge in [0.2, 0.25) is 0 Å². The number of hydrogen-bond acceptors (Lipinski definition) is 2. The van der Waals surface area contributed by atoms with E-state index in [9.17, 15) is 5.11 Å². The Kier molecular flexibility index (Phi) is 4.12. The maximum atomic E-state index is 10.8. The lowest BCUT2D eigenvalue weighted by molar-refractivity contribution is 0.219. The summed E-state index contributed by atoms with van der Waals surface area (Å²) in [6, 6.07) is 1.93. The van der Waals surface area contributed by atoms with E-state index in [1.165, 1.54) is 18.4 Å². The second kappa shape index (κ2) is 6.12. The third kappa shape index (κ3) is 2.90. The Bertz CT molecular complexity index is 744. The normalized spacial score (nSPS) is 21.2. The Morgan fingerprint density at radius 2 is 2.09 bits per heavy atom. The number of benzene rings is 1. The first kappa shape index (κ1) is 15.5. The van der Waals surface area contributed by atoms with Gasteiger partial charge >= 0.3 is 0 Å². The molecule has 1 N–H and O–H groups in total. The number of halogens is 2. The molecule has 1 fully saturated rings. The Morgan fingerprint density at radius 1 is 1.26 bits per heavy atom. The molecule has 1 unspecified atom stereocenters. The number of allylic oxidation sites excluding steroid dienone is 4. The van der Waals surface area contributed by atoms with E-state index < -0.39 is 6.10 Å². The van der Waals surface area contributed by atoms with Gasteiger partial charge in [0.15, 0.2) is 0 Å². The molecule has 1 aliphatic heterocycles. The van der Waals surface area contributed by atoms with E-state index in [4.69, 9.17) is 16.3 Å². The first-order chi connectivity index (χ1) is 11.1. The summed E-state index contributed by atoms with van der Waals surface area (Å²) in [7, 11) is 0. The quantitative estimate of drug-likeness (QED) is 0.755. The Morgan fingerprint density at radius 3 is 2.87 bits per heavy atom. The lowest BCUT2D eigenvalue weighted by Gasteiger charge is -2.17. The van der Waals surface area contributed by atoms with Gasteiger partial charge in [-0.15, -0.1) is 0 Å². The molecule has 4 heteroatoms. The minimum absolute atomic E-state index is 0.530. The van der Waals surface area contributed by atoms with Crippen LogP contribution in [-0.2, 0) is 6.42 Å². The van der Waals surface area contributed by atoms with Crippen LogP contribution in [0.1, 0.15) is 36.5 Å². The zero-order valence-corrected chi connectivity index (χ0v) is 15.0. The fraction of sp³-hybridized carbons (Fsp3) is 0.368. The number of hydrogen-bond donors (Lipinski definition) is 1. The van der Waals surface area contributed by atoms with Crippen LogP contribution in [0.25, 0.3) is 0 Å². The van der Waals surface area contributed by atoms with Gasteiger partial charge in [0, 0.05) is 22.0 Å². The largest absolute Gasteiger partial charge is 0.491 e. The predicted octanol–water partition coefficient (Wildman–Crippen LogP) is 5.29. The van der Waals surface area contributed by atoms with Crippen LogP contribution >= 0.6 is 27.5 Å². The van der Waals surface area contributed by atoms with Crippen molar-refractivity contribution in [1.29, 1.82) is 0 Å². The second-order valence-corrected chi connectivity index (χ2v) is 7.55. The van der Waals surface area contributed by atoms with Crippen molar-refractivity contribution in [3.05, 3.63) is 62.1 Å². The molecule has 1 heterocycles. The van der Waals surface area contributed by atoms with Crippen LogP contribution in [0.2, 0.25) is 5.02 Å². The third-order valence-corrected chi connectivity index (χ3v) is 5.83. The molecule has 1 aromatic rings. The lowest BCUT2D eigenvalue weighted by Crippen LogP contribution is -2.02.